The lowest BCUT2D eigenvalue weighted by Gasteiger charge is -2.36. The van der Waals surface area contributed by atoms with E-state index in [1.807, 2.05) is 54.6 Å². The van der Waals surface area contributed by atoms with Crippen molar-refractivity contribution in [1.82, 2.24) is 4.90 Å². The molecule has 0 radical (unpaired) electrons. The third-order valence-corrected chi connectivity index (χ3v) is 7.60. The zero-order chi connectivity index (χ0) is 26.9. The van der Waals surface area contributed by atoms with E-state index in [1.165, 1.54) is 6.42 Å². The van der Waals surface area contributed by atoms with Crippen LogP contribution < -0.4 is 9.47 Å². The van der Waals surface area contributed by atoms with Gasteiger partial charge in [-0.1, -0.05) is 116 Å². The van der Waals surface area contributed by atoms with Gasteiger partial charge in [0.25, 0.3) is 0 Å². The normalized spacial score (nSPS) is 13.7. The van der Waals surface area contributed by atoms with Crippen molar-refractivity contribution < 1.29 is 14.3 Å². The van der Waals surface area contributed by atoms with Gasteiger partial charge in [-0.25, -0.2) is 0 Å². The van der Waals surface area contributed by atoms with Crippen LogP contribution in [-0.4, -0.2) is 17.9 Å². The minimum atomic E-state index is -0.179. The second-order valence-electron chi connectivity index (χ2n) is 10.3. The third-order valence-electron chi connectivity index (χ3n) is 7.60. The molecule has 0 spiro atoms. The number of hydrogen-bond donors (Lipinski definition) is 0. The second-order valence-corrected chi connectivity index (χ2v) is 10.3. The molecule has 0 aromatic heterocycles. The minimum absolute atomic E-state index is 0.0593. The number of nitrogens with zero attached hydrogens (tertiary/aromatic N) is 1. The Morgan fingerprint density at radius 1 is 0.744 bits per heavy atom. The van der Waals surface area contributed by atoms with E-state index < -0.39 is 0 Å². The van der Waals surface area contributed by atoms with Gasteiger partial charge in [0.1, 0.15) is 6.61 Å². The van der Waals surface area contributed by atoms with Gasteiger partial charge in [0.2, 0.25) is 5.91 Å². The molecule has 39 heavy (non-hydrogen) atoms. The van der Waals surface area contributed by atoms with E-state index >= 15 is 0 Å². The zero-order valence-corrected chi connectivity index (χ0v) is 22.7. The fraction of sp³-hybridized carbons (Fsp3) is 0.286. The molecular formula is C35H37NO3. The number of carbonyl (C=O) groups excluding carboxylic acids is 1. The first-order chi connectivity index (χ1) is 19.2. The Morgan fingerprint density at radius 2 is 1.33 bits per heavy atom. The minimum Gasteiger partial charge on any atom is -0.493 e. The van der Waals surface area contributed by atoms with Crippen LogP contribution in [0.15, 0.2) is 109 Å². The number of ether oxygens (including phenoxy) is 2. The molecule has 0 unspecified atom stereocenters. The van der Waals surface area contributed by atoms with Crippen molar-refractivity contribution >= 4 is 5.91 Å². The Bertz CT molecular complexity index is 1280. The first kappa shape index (κ1) is 26.6. The lowest BCUT2D eigenvalue weighted by Crippen LogP contribution is -2.39. The van der Waals surface area contributed by atoms with Gasteiger partial charge in [-0.3, -0.25) is 4.79 Å². The molecule has 1 aliphatic rings. The Labute approximate surface area is 232 Å². The van der Waals surface area contributed by atoms with Crippen LogP contribution in [0.3, 0.4) is 0 Å². The van der Waals surface area contributed by atoms with Crippen molar-refractivity contribution in [1.29, 1.82) is 0 Å². The van der Waals surface area contributed by atoms with Crippen LogP contribution in [0.1, 0.15) is 60.4 Å². The van der Waals surface area contributed by atoms with E-state index in [-0.39, 0.29) is 17.9 Å². The summed E-state index contributed by atoms with van der Waals surface area (Å²) in [4.78, 5) is 16.3. The molecule has 1 saturated carbocycles. The van der Waals surface area contributed by atoms with Gasteiger partial charge in [-0.2, -0.15) is 0 Å². The van der Waals surface area contributed by atoms with E-state index in [1.54, 1.807) is 7.11 Å². The maximum atomic E-state index is 14.2. The highest BCUT2D eigenvalue weighted by atomic mass is 16.5. The van der Waals surface area contributed by atoms with E-state index in [9.17, 15) is 4.79 Å². The lowest BCUT2D eigenvalue weighted by atomic mass is 9.86. The molecule has 1 aliphatic carbocycles. The third kappa shape index (κ3) is 6.69. The summed E-state index contributed by atoms with van der Waals surface area (Å²) >= 11 is 0. The van der Waals surface area contributed by atoms with Crippen molar-refractivity contribution in [3.63, 3.8) is 0 Å². The van der Waals surface area contributed by atoms with Gasteiger partial charge in [0, 0.05) is 12.5 Å². The zero-order valence-electron chi connectivity index (χ0n) is 22.7. The van der Waals surface area contributed by atoms with Crippen LogP contribution in [0.2, 0.25) is 0 Å². The molecular weight excluding hydrogens is 482 g/mol. The number of methoxy groups -OCH3 is 1. The first-order valence-electron chi connectivity index (χ1n) is 14.0. The van der Waals surface area contributed by atoms with Crippen molar-refractivity contribution in [2.45, 2.75) is 51.3 Å². The Kier molecular flexibility index (Phi) is 8.95. The molecule has 5 rings (SSSR count). The lowest BCUT2D eigenvalue weighted by molar-refractivity contribution is -0.139. The van der Waals surface area contributed by atoms with Crippen LogP contribution in [0.25, 0.3) is 0 Å². The molecule has 0 atom stereocenters. The molecule has 200 valence electrons. The van der Waals surface area contributed by atoms with Crippen LogP contribution >= 0.6 is 0 Å². The van der Waals surface area contributed by atoms with Crippen LogP contribution in [0.4, 0.5) is 0 Å². The highest BCUT2D eigenvalue weighted by molar-refractivity contribution is 5.80. The molecule has 4 nitrogen and oxygen atoms in total. The molecule has 4 aromatic carbocycles. The largest absolute Gasteiger partial charge is 0.493 e. The Balaban J connectivity index is 1.47. The molecule has 4 aromatic rings. The second kappa shape index (κ2) is 13.1. The van der Waals surface area contributed by atoms with Gasteiger partial charge in [0.15, 0.2) is 11.5 Å². The van der Waals surface area contributed by atoms with E-state index in [2.05, 4.69) is 59.5 Å². The maximum Gasteiger partial charge on any atom is 0.226 e. The molecule has 1 fully saturated rings. The highest BCUT2D eigenvalue weighted by Crippen LogP contribution is 2.36. The summed E-state index contributed by atoms with van der Waals surface area (Å²) in [5.74, 6) is 1.65. The van der Waals surface area contributed by atoms with Gasteiger partial charge in [0.05, 0.1) is 13.2 Å². The van der Waals surface area contributed by atoms with Crippen molar-refractivity contribution in [2.75, 3.05) is 7.11 Å². The average Bonchev–Trinajstić information content (AvgIpc) is 3.01. The smallest absolute Gasteiger partial charge is 0.226 e. The van der Waals surface area contributed by atoms with Crippen LogP contribution in [-0.2, 0) is 17.9 Å². The molecule has 0 heterocycles. The van der Waals surface area contributed by atoms with Crippen LogP contribution in [0.5, 0.6) is 11.5 Å². The number of hydrogen-bond acceptors (Lipinski definition) is 3. The van der Waals surface area contributed by atoms with E-state index in [0.29, 0.717) is 24.7 Å². The summed E-state index contributed by atoms with van der Waals surface area (Å²) in [7, 11) is 1.66. The summed E-state index contributed by atoms with van der Waals surface area (Å²) in [5, 5.41) is 0. The first-order valence-corrected chi connectivity index (χ1v) is 14.0. The predicted molar refractivity (Wildman–Crippen MR) is 156 cm³/mol. The molecule has 0 saturated heterocycles. The predicted octanol–water partition coefficient (Wildman–Crippen LogP) is 7.97. The van der Waals surface area contributed by atoms with Gasteiger partial charge < -0.3 is 14.4 Å². The van der Waals surface area contributed by atoms with E-state index in [0.717, 1.165) is 47.9 Å². The topological polar surface area (TPSA) is 38.8 Å². The summed E-state index contributed by atoms with van der Waals surface area (Å²) in [6, 6.07) is 36.7. The van der Waals surface area contributed by atoms with Crippen LogP contribution in [0, 0.1) is 5.92 Å². The standard InChI is InChI=1S/C35H37NO3/c1-38-33-24-28(22-23-32(33)39-26-27-14-6-2-7-15-27)25-36(35(37)31-20-12-5-13-21-31)34(29-16-8-3-9-17-29)30-18-10-4-11-19-30/h2-4,6-11,14-19,22-24,31,34H,5,12-13,20-21,25-26H2,1H3. The maximum absolute atomic E-state index is 14.2. The molecule has 4 heteroatoms. The molecule has 0 N–H and O–H groups in total. The molecule has 0 aliphatic heterocycles. The SMILES string of the molecule is COc1cc(CN(C(=O)C2CCCCC2)C(c2ccccc2)c2ccccc2)ccc1OCc1ccccc1. The fourth-order valence-electron chi connectivity index (χ4n) is 5.57. The fourth-order valence-corrected chi connectivity index (χ4v) is 5.57. The van der Waals surface area contributed by atoms with Gasteiger partial charge in [-0.05, 0) is 47.2 Å². The van der Waals surface area contributed by atoms with Crippen molar-refractivity contribution in [3.05, 3.63) is 131 Å². The number of rotatable bonds is 10. The average molecular weight is 520 g/mol. The summed E-state index contributed by atoms with van der Waals surface area (Å²) in [5.41, 5.74) is 4.34. The molecule has 0 bridgehead atoms. The highest BCUT2D eigenvalue weighted by Gasteiger charge is 2.32. The quantitative estimate of drug-likeness (QED) is 0.213. The Hall–Kier alpha value is -4.05. The summed E-state index contributed by atoms with van der Waals surface area (Å²) < 4.78 is 11.8. The number of carbonyl (C=O) groups is 1. The summed E-state index contributed by atoms with van der Waals surface area (Å²) in [6.45, 7) is 0.950. The number of benzene rings is 4. The van der Waals surface area contributed by atoms with E-state index in [4.69, 9.17) is 9.47 Å². The Morgan fingerprint density at radius 3 is 1.92 bits per heavy atom. The molecule has 1 amide bonds. The van der Waals surface area contributed by atoms with Crippen molar-refractivity contribution in [2.24, 2.45) is 5.92 Å². The number of amides is 1. The summed E-state index contributed by atoms with van der Waals surface area (Å²) in [6.07, 6.45) is 5.37. The van der Waals surface area contributed by atoms with Gasteiger partial charge in [-0.15, -0.1) is 0 Å². The van der Waals surface area contributed by atoms with Gasteiger partial charge >= 0.3 is 0 Å². The van der Waals surface area contributed by atoms with Crippen molar-refractivity contribution in [3.8, 4) is 11.5 Å². The monoisotopic (exact) mass is 519 g/mol.